The summed E-state index contributed by atoms with van der Waals surface area (Å²) in [5.74, 6) is -0.778. The maximum Gasteiger partial charge on any atom is 0.321 e. The maximum absolute atomic E-state index is 11.3. The zero-order chi connectivity index (χ0) is 11.6. The number of hydrogen-bond donors (Lipinski definition) is 2. The van der Waals surface area contributed by atoms with Crippen molar-refractivity contribution >= 4 is 5.97 Å². The number of likely N-dealkylation sites (tertiary alicyclic amines) is 1. The molecule has 2 atom stereocenters. The third-order valence-corrected chi connectivity index (χ3v) is 3.37. The molecule has 0 amide bonds. The molecule has 0 aromatic heterocycles. The summed E-state index contributed by atoms with van der Waals surface area (Å²) in [5, 5.41) is 18.4. The van der Waals surface area contributed by atoms with Gasteiger partial charge in [0.05, 0.1) is 6.61 Å². The molecular weight excluding hydrogens is 194 g/mol. The molecule has 0 bridgehead atoms. The zero-order valence-corrected chi connectivity index (χ0v) is 9.73. The van der Waals surface area contributed by atoms with E-state index >= 15 is 0 Å². The van der Waals surface area contributed by atoms with Crippen LogP contribution in [0.3, 0.4) is 0 Å². The van der Waals surface area contributed by atoms with Crippen LogP contribution in [0.15, 0.2) is 0 Å². The second-order valence-corrected chi connectivity index (χ2v) is 5.10. The zero-order valence-electron chi connectivity index (χ0n) is 9.73. The summed E-state index contributed by atoms with van der Waals surface area (Å²) in [4.78, 5) is 13.2. The topological polar surface area (TPSA) is 60.8 Å². The number of carboxylic acids is 1. The lowest BCUT2D eigenvalue weighted by Crippen LogP contribution is -2.57. The molecular formula is C11H21NO3. The van der Waals surface area contributed by atoms with E-state index in [4.69, 9.17) is 5.11 Å². The first kappa shape index (κ1) is 12.5. The molecule has 2 unspecified atom stereocenters. The first-order chi connectivity index (χ1) is 6.90. The Morgan fingerprint density at radius 1 is 1.60 bits per heavy atom. The largest absolute Gasteiger partial charge is 0.480 e. The second kappa shape index (κ2) is 4.49. The van der Waals surface area contributed by atoms with Crippen molar-refractivity contribution < 1.29 is 15.0 Å². The summed E-state index contributed by atoms with van der Waals surface area (Å²) in [6.07, 6.45) is 1.93. The highest BCUT2D eigenvalue weighted by molar-refractivity contribution is 5.74. The summed E-state index contributed by atoms with van der Waals surface area (Å²) in [7, 11) is 0. The first-order valence-corrected chi connectivity index (χ1v) is 5.49. The average Bonchev–Trinajstić information content (AvgIpc) is 2.14. The van der Waals surface area contributed by atoms with E-state index in [9.17, 15) is 9.90 Å². The van der Waals surface area contributed by atoms with Gasteiger partial charge in [0.1, 0.15) is 6.04 Å². The van der Waals surface area contributed by atoms with Crippen LogP contribution in [0.2, 0.25) is 0 Å². The Labute approximate surface area is 90.9 Å². The molecule has 4 heteroatoms. The van der Waals surface area contributed by atoms with Gasteiger partial charge < -0.3 is 10.2 Å². The van der Waals surface area contributed by atoms with Gasteiger partial charge in [0, 0.05) is 6.04 Å². The van der Waals surface area contributed by atoms with Crippen molar-refractivity contribution in [3.05, 3.63) is 0 Å². The van der Waals surface area contributed by atoms with Gasteiger partial charge >= 0.3 is 5.97 Å². The Morgan fingerprint density at radius 3 is 2.67 bits per heavy atom. The fourth-order valence-corrected chi connectivity index (χ4v) is 2.49. The summed E-state index contributed by atoms with van der Waals surface area (Å²) in [6.45, 7) is 6.63. The Hall–Kier alpha value is -0.610. The van der Waals surface area contributed by atoms with Gasteiger partial charge in [-0.2, -0.15) is 0 Å². The van der Waals surface area contributed by atoms with Gasteiger partial charge in [0.25, 0.3) is 0 Å². The Bertz CT molecular complexity index is 240. The van der Waals surface area contributed by atoms with Crippen molar-refractivity contribution in [2.45, 2.75) is 45.7 Å². The molecule has 1 fully saturated rings. The SMILES string of the molecule is CC(CO)N1CCCC(C)(C)C1C(=O)O. The minimum atomic E-state index is -0.778. The van der Waals surface area contributed by atoms with Crippen molar-refractivity contribution in [2.24, 2.45) is 5.41 Å². The van der Waals surface area contributed by atoms with Crippen LogP contribution < -0.4 is 0 Å². The number of piperidine rings is 1. The van der Waals surface area contributed by atoms with E-state index in [0.717, 1.165) is 19.4 Å². The van der Waals surface area contributed by atoms with E-state index in [-0.39, 0.29) is 18.1 Å². The monoisotopic (exact) mass is 215 g/mol. The minimum Gasteiger partial charge on any atom is -0.480 e. The van der Waals surface area contributed by atoms with Crippen LogP contribution >= 0.6 is 0 Å². The lowest BCUT2D eigenvalue weighted by Gasteiger charge is -2.46. The molecule has 15 heavy (non-hydrogen) atoms. The minimum absolute atomic E-state index is 0.0138. The second-order valence-electron chi connectivity index (χ2n) is 5.10. The number of hydrogen-bond acceptors (Lipinski definition) is 3. The van der Waals surface area contributed by atoms with Gasteiger partial charge in [-0.25, -0.2) is 0 Å². The van der Waals surface area contributed by atoms with Gasteiger partial charge in [-0.1, -0.05) is 13.8 Å². The van der Waals surface area contributed by atoms with Crippen molar-refractivity contribution in [3.8, 4) is 0 Å². The number of nitrogens with zero attached hydrogens (tertiary/aromatic N) is 1. The van der Waals surface area contributed by atoms with Crippen molar-refractivity contribution in [1.82, 2.24) is 4.90 Å². The van der Waals surface area contributed by atoms with E-state index in [1.165, 1.54) is 0 Å². The van der Waals surface area contributed by atoms with Crippen molar-refractivity contribution in [1.29, 1.82) is 0 Å². The summed E-state index contributed by atoms with van der Waals surface area (Å²) in [5.41, 5.74) is -0.215. The van der Waals surface area contributed by atoms with Gasteiger partial charge in [-0.15, -0.1) is 0 Å². The van der Waals surface area contributed by atoms with Gasteiger partial charge in [0.2, 0.25) is 0 Å². The molecule has 1 rings (SSSR count). The Balaban J connectivity index is 2.89. The summed E-state index contributed by atoms with van der Waals surface area (Å²) in [6, 6.07) is -0.556. The number of aliphatic carboxylic acids is 1. The van der Waals surface area contributed by atoms with E-state index in [1.54, 1.807) is 0 Å². The molecule has 0 aromatic rings. The van der Waals surface area contributed by atoms with Crippen LogP contribution in [0.4, 0.5) is 0 Å². The van der Waals surface area contributed by atoms with E-state index < -0.39 is 12.0 Å². The lowest BCUT2D eigenvalue weighted by molar-refractivity contribution is -0.153. The quantitative estimate of drug-likeness (QED) is 0.735. The molecule has 1 aliphatic rings. The highest BCUT2D eigenvalue weighted by atomic mass is 16.4. The molecule has 0 spiro atoms. The number of rotatable bonds is 3. The van der Waals surface area contributed by atoms with Gasteiger partial charge in [-0.3, -0.25) is 9.69 Å². The molecule has 0 saturated carbocycles. The van der Waals surface area contributed by atoms with Crippen molar-refractivity contribution in [3.63, 3.8) is 0 Å². The molecule has 0 aliphatic carbocycles. The Morgan fingerprint density at radius 2 is 2.20 bits per heavy atom. The van der Waals surface area contributed by atoms with Crippen molar-refractivity contribution in [2.75, 3.05) is 13.2 Å². The molecule has 88 valence electrons. The third-order valence-electron chi connectivity index (χ3n) is 3.37. The molecule has 0 aromatic carbocycles. The van der Waals surface area contributed by atoms with E-state index in [0.29, 0.717) is 0 Å². The van der Waals surface area contributed by atoms with Crippen LogP contribution in [0.1, 0.15) is 33.6 Å². The molecule has 1 aliphatic heterocycles. The average molecular weight is 215 g/mol. The van der Waals surface area contributed by atoms with Crippen LogP contribution in [-0.2, 0) is 4.79 Å². The fourth-order valence-electron chi connectivity index (χ4n) is 2.49. The number of carbonyl (C=O) groups is 1. The number of aliphatic hydroxyl groups is 1. The highest BCUT2D eigenvalue weighted by Gasteiger charge is 2.43. The molecule has 2 N–H and O–H groups in total. The maximum atomic E-state index is 11.3. The highest BCUT2D eigenvalue weighted by Crippen LogP contribution is 2.36. The van der Waals surface area contributed by atoms with Crippen LogP contribution in [-0.4, -0.2) is 46.3 Å². The predicted molar refractivity (Wildman–Crippen MR) is 57.7 cm³/mol. The fraction of sp³-hybridized carbons (Fsp3) is 0.909. The van der Waals surface area contributed by atoms with Crippen LogP contribution in [0.25, 0.3) is 0 Å². The van der Waals surface area contributed by atoms with Gasteiger partial charge in [-0.05, 0) is 31.7 Å². The normalized spacial score (nSPS) is 28.7. The first-order valence-electron chi connectivity index (χ1n) is 5.49. The summed E-state index contributed by atoms with van der Waals surface area (Å²) < 4.78 is 0. The third kappa shape index (κ3) is 2.49. The molecule has 1 saturated heterocycles. The van der Waals surface area contributed by atoms with E-state index in [2.05, 4.69) is 0 Å². The summed E-state index contributed by atoms with van der Waals surface area (Å²) >= 11 is 0. The van der Waals surface area contributed by atoms with E-state index in [1.807, 2.05) is 25.7 Å². The molecule has 1 heterocycles. The molecule has 4 nitrogen and oxygen atoms in total. The lowest BCUT2D eigenvalue weighted by atomic mass is 9.76. The number of carboxylic acid groups (broad SMARTS) is 1. The molecule has 0 radical (unpaired) electrons. The number of aliphatic hydroxyl groups excluding tert-OH is 1. The Kier molecular flexibility index (Phi) is 3.73. The predicted octanol–water partition coefficient (Wildman–Crippen LogP) is 0.942. The van der Waals surface area contributed by atoms with Crippen LogP contribution in [0.5, 0.6) is 0 Å². The smallest absolute Gasteiger partial charge is 0.321 e. The van der Waals surface area contributed by atoms with Gasteiger partial charge in [0.15, 0.2) is 0 Å². The van der Waals surface area contributed by atoms with Crippen LogP contribution in [0, 0.1) is 5.41 Å². The standard InChI is InChI=1S/C11H21NO3/c1-8(7-13)12-6-4-5-11(2,3)9(12)10(14)15/h8-9,13H,4-7H2,1-3H3,(H,14,15).